The maximum Gasteiger partial charge on any atom is 0.249 e. The van der Waals surface area contributed by atoms with Gasteiger partial charge in [0.15, 0.2) is 5.82 Å². The average Bonchev–Trinajstić information content (AvgIpc) is 3.17. The molecule has 0 saturated carbocycles. The lowest BCUT2D eigenvalue weighted by atomic mass is 9.92. The summed E-state index contributed by atoms with van der Waals surface area (Å²) in [4.78, 5) is 21.5. The molecule has 4 rings (SSSR count). The molecule has 0 atom stereocenters. The number of nitrogens with zero attached hydrogens (tertiary/aromatic N) is 4. The van der Waals surface area contributed by atoms with E-state index in [1.54, 1.807) is 23.2 Å². The van der Waals surface area contributed by atoms with Gasteiger partial charge in [-0.2, -0.15) is 9.78 Å². The van der Waals surface area contributed by atoms with E-state index in [1.165, 1.54) is 6.08 Å². The Balaban J connectivity index is 1.63. The molecular formula is C24H23N5O. The van der Waals surface area contributed by atoms with Gasteiger partial charge in [0.25, 0.3) is 0 Å². The van der Waals surface area contributed by atoms with Crippen LogP contribution in [0.4, 0.5) is 5.82 Å². The number of carbonyl (C=O) groups is 1. The SMILES string of the molecule is CC(C)(C)c1cc(NC(=O)/C=C/c2cccc3cccnc23)n(-c2ccccn2)n1. The topological polar surface area (TPSA) is 72.7 Å². The zero-order valence-corrected chi connectivity index (χ0v) is 17.2. The molecule has 1 aromatic carbocycles. The maximum atomic E-state index is 12.7. The highest BCUT2D eigenvalue weighted by molar-refractivity contribution is 6.03. The predicted octanol–water partition coefficient (Wildman–Crippen LogP) is 4.76. The van der Waals surface area contributed by atoms with E-state index in [-0.39, 0.29) is 11.3 Å². The van der Waals surface area contributed by atoms with Crippen molar-refractivity contribution in [3.63, 3.8) is 0 Å². The Morgan fingerprint density at radius 1 is 1.00 bits per heavy atom. The quantitative estimate of drug-likeness (QED) is 0.504. The van der Waals surface area contributed by atoms with Crippen molar-refractivity contribution in [2.75, 3.05) is 5.32 Å². The van der Waals surface area contributed by atoms with Crippen LogP contribution in [0.5, 0.6) is 0 Å². The number of anilines is 1. The number of hydrogen-bond donors (Lipinski definition) is 1. The van der Waals surface area contributed by atoms with Crippen molar-refractivity contribution in [1.29, 1.82) is 0 Å². The van der Waals surface area contributed by atoms with Crippen LogP contribution in [0.15, 0.2) is 73.1 Å². The molecular weight excluding hydrogens is 374 g/mol. The summed E-state index contributed by atoms with van der Waals surface area (Å²) < 4.78 is 1.66. The molecule has 1 amide bonds. The average molecular weight is 397 g/mol. The number of amides is 1. The summed E-state index contributed by atoms with van der Waals surface area (Å²) >= 11 is 0. The third-order valence-electron chi connectivity index (χ3n) is 4.67. The van der Waals surface area contributed by atoms with Crippen molar-refractivity contribution < 1.29 is 4.79 Å². The number of fused-ring (bicyclic) bond motifs is 1. The maximum absolute atomic E-state index is 12.7. The van der Waals surface area contributed by atoms with E-state index in [9.17, 15) is 4.79 Å². The lowest BCUT2D eigenvalue weighted by Gasteiger charge is -2.13. The van der Waals surface area contributed by atoms with Gasteiger partial charge in [0.05, 0.1) is 11.2 Å². The molecule has 4 aromatic rings. The molecule has 6 nitrogen and oxygen atoms in total. The van der Waals surface area contributed by atoms with Gasteiger partial charge in [-0.05, 0) is 24.3 Å². The Morgan fingerprint density at radius 3 is 2.57 bits per heavy atom. The Bertz CT molecular complexity index is 1210. The van der Waals surface area contributed by atoms with Crippen LogP contribution in [-0.2, 0) is 10.2 Å². The van der Waals surface area contributed by atoms with Gasteiger partial charge in [-0.25, -0.2) is 4.98 Å². The molecule has 6 heteroatoms. The highest BCUT2D eigenvalue weighted by atomic mass is 16.1. The van der Waals surface area contributed by atoms with E-state index < -0.39 is 0 Å². The van der Waals surface area contributed by atoms with Crippen molar-refractivity contribution in [2.24, 2.45) is 0 Å². The minimum absolute atomic E-state index is 0.163. The molecule has 30 heavy (non-hydrogen) atoms. The molecule has 3 aromatic heterocycles. The molecule has 0 radical (unpaired) electrons. The van der Waals surface area contributed by atoms with E-state index in [4.69, 9.17) is 0 Å². The minimum Gasteiger partial charge on any atom is -0.307 e. The molecule has 3 heterocycles. The summed E-state index contributed by atoms with van der Waals surface area (Å²) in [7, 11) is 0. The Labute approximate surface area is 175 Å². The van der Waals surface area contributed by atoms with Crippen LogP contribution < -0.4 is 5.32 Å². The molecule has 0 aliphatic carbocycles. The summed E-state index contributed by atoms with van der Waals surface area (Å²) in [5.41, 5.74) is 2.45. The zero-order valence-electron chi connectivity index (χ0n) is 17.2. The number of pyridine rings is 2. The van der Waals surface area contributed by atoms with Crippen LogP contribution in [0.2, 0.25) is 0 Å². The molecule has 0 spiro atoms. The van der Waals surface area contributed by atoms with Gasteiger partial charge in [0.1, 0.15) is 5.82 Å². The largest absolute Gasteiger partial charge is 0.307 e. The zero-order chi connectivity index (χ0) is 21.1. The number of para-hydroxylation sites is 1. The van der Waals surface area contributed by atoms with Gasteiger partial charge in [-0.1, -0.05) is 51.1 Å². The second kappa shape index (κ2) is 7.91. The summed E-state index contributed by atoms with van der Waals surface area (Å²) in [5, 5.41) is 8.63. The fraction of sp³-hybridized carbons (Fsp3) is 0.167. The summed E-state index contributed by atoms with van der Waals surface area (Å²) in [6.07, 6.45) is 6.73. The minimum atomic E-state index is -0.250. The van der Waals surface area contributed by atoms with E-state index in [1.807, 2.05) is 54.6 Å². The van der Waals surface area contributed by atoms with Gasteiger partial charge in [-0.15, -0.1) is 0 Å². The van der Waals surface area contributed by atoms with Crippen molar-refractivity contribution in [3.8, 4) is 5.82 Å². The van der Waals surface area contributed by atoms with Crippen LogP contribution >= 0.6 is 0 Å². The predicted molar refractivity (Wildman–Crippen MR) is 119 cm³/mol. The highest BCUT2D eigenvalue weighted by Crippen LogP contribution is 2.26. The number of carbonyl (C=O) groups excluding carboxylic acids is 1. The Hall–Kier alpha value is -3.80. The van der Waals surface area contributed by atoms with Crippen LogP contribution in [0.25, 0.3) is 22.8 Å². The molecule has 0 fully saturated rings. The third-order valence-corrected chi connectivity index (χ3v) is 4.67. The Morgan fingerprint density at radius 2 is 1.80 bits per heavy atom. The third kappa shape index (κ3) is 4.12. The van der Waals surface area contributed by atoms with Crippen molar-refractivity contribution in [1.82, 2.24) is 19.7 Å². The van der Waals surface area contributed by atoms with E-state index >= 15 is 0 Å². The molecule has 0 aliphatic rings. The van der Waals surface area contributed by atoms with Crippen molar-refractivity contribution in [3.05, 3.63) is 84.3 Å². The second-order valence-electron chi connectivity index (χ2n) is 8.01. The summed E-state index contributed by atoms with van der Waals surface area (Å²) in [6.45, 7) is 6.24. The fourth-order valence-corrected chi connectivity index (χ4v) is 3.09. The first-order chi connectivity index (χ1) is 14.4. The highest BCUT2D eigenvalue weighted by Gasteiger charge is 2.21. The standard InChI is InChI=1S/C24H23N5O/c1-24(2,3)19-16-21(29(28-19)20-11-4-5-14-25-20)27-22(30)13-12-18-9-6-8-17-10-7-15-26-23(17)18/h4-16H,1-3H3,(H,27,30)/b13-12+. The van der Waals surface area contributed by atoms with Gasteiger partial charge >= 0.3 is 0 Å². The van der Waals surface area contributed by atoms with E-state index in [0.717, 1.165) is 22.2 Å². The molecule has 150 valence electrons. The number of nitrogens with one attached hydrogen (secondary N) is 1. The van der Waals surface area contributed by atoms with Gasteiger partial charge in [-0.3, -0.25) is 9.78 Å². The van der Waals surface area contributed by atoms with Crippen molar-refractivity contribution in [2.45, 2.75) is 26.2 Å². The number of benzene rings is 1. The monoisotopic (exact) mass is 397 g/mol. The molecule has 0 unspecified atom stereocenters. The Kier molecular flexibility index (Phi) is 5.14. The summed E-state index contributed by atoms with van der Waals surface area (Å²) in [5.74, 6) is 0.968. The van der Waals surface area contributed by atoms with Crippen molar-refractivity contribution >= 4 is 28.7 Å². The van der Waals surface area contributed by atoms with Crippen LogP contribution in [0.3, 0.4) is 0 Å². The first-order valence-electron chi connectivity index (χ1n) is 9.76. The first-order valence-corrected chi connectivity index (χ1v) is 9.76. The van der Waals surface area contributed by atoms with Gasteiger partial charge < -0.3 is 5.32 Å². The van der Waals surface area contributed by atoms with Gasteiger partial charge in [0.2, 0.25) is 5.91 Å². The normalized spacial score (nSPS) is 11.8. The lowest BCUT2D eigenvalue weighted by molar-refractivity contribution is -0.111. The fourth-order valence-electron chi connectivity index (χ4n) is 3.09. The number of aromatic nitrogens is 4. The first kappa shape index (κ1) is 19.5. The van der Waals surface area contributed by atoms with E-state index in [2.05, 4.69) is 41.2 Å². The second-order valence-corrected chi connectivity index (χ2v) is 8.01. The van der Waals surface area contributed by atoms with Crippen LogP contribution in [0.1, 0.15) is 32.0 Å². The number of rotatable bonds is 4. The number of hydrogen-bond acceptors (Lipinski definition) is 4. The lowest BCUT2D eigenvalue weighted by Crippen LogP contribution is -2.13. The van der Waals surface area contributed by atoms with E-state index in [0.29, 0.717) is 11.6 Å². The van der Waals surface area contributed by atoms with Gasteiger partial charge in [0, 0.05) is 40.9 Å². The van der Waals surface area contributed by atoms with Crippen LogP contribution in [0, 0.1) is 0 Å². The summed E-state index contributed by atoms with van der Waals surface area (Å²) in [6, 6.07) is 17.3. The molecule has 0 saturated heterocycles. The van der Waals surface area contributed by atoms with Crippen LogP contribution in [-0.4, -0.2) is 25.7 Å². The smallest absolute Gasteiger partial charge is 0.249 e. The molecule has 0 aliphatic heterocycles. The molecule has 0 bridgehead atoms. The molecule has 1 N–H and O–H groups in total.